The summed E-state index contributed by atoms with van der Waals surface area (Å²) in [5.41, 5.74) is 1.03. The van der Waals surface area contributed by atoms with Crippen LogP contribution in [0.4, 0.5) is 5.69 Å². The van der Waals surface area contributed by atoms with Crippen LogP contribution < -0.4 is 0 Å². The SMILES string of the molecule is CCOC(=O)CC1(c2ccc([N+](=O)[O-])cc2)OC(=O)C(c2ccccc2)=C1c1ccccc1. The summed E-state index contributed by atoms with van der Waals surface area (Å²) in [6.45, 7) is 1.86. The maximum absolute atomic E-state index is 13.3. The highest BCUT2D eigenvalue weighted by molar-refractivity contribution is 6.29. The molecule has 7 nitrogen and oxygen atoms in total. The summed E-state index contributed by atoms with van der Waals surface area (Å²) < 4.78 is 11.2. The van der Waals surface area contributed by atoms with Crippen molar-refractivity contribution in [2.45, 2.75) is 18.9 Å². The van der Waals surface area contributed by atoms with Crippen molar-refractivity contribution in [2.75, 3.05) is 6.61 Å². The number of hydrogen-bond donors (Lipinski definition) is 0. The molecule has 0 amide bonds. The van der Waals surface area contributed by atoms with E-state index in [0.717, 1.165) is 0 Å². The van der Waals surface area contributed by atoms with E-state index in [0.29, 0.717) is 27.8 Å². The molecule has 33 heavy (non-hydrogen) atoms. The summed E-state index contributed by atoms with van der Waals surface area (Å²) in [4.78, 5) is 36.7. The smallest absolute Gasteiger partial charge is 0.340 e. The molecule has 166 valence electrons. The number of nitro benzene ring substituents is 1. The molecule has 4 rings (SSSR count). The van der Waals surface area contributed by atoms with Crippen molar-refractivity contribution in [1.29, 1.82) is 0 Å². The van der Waals surface area contributed by atoms with E-state index in [4.69, 9.17) is 9.47 Å². The predicted molar refractivity (Wildman–Crippen MR) is 122 cm³/mol. The van der Waals surface area contributed by atoms with Crippen LogP contribution in [0.3, 0.4) is 0 Å². The molecule has 0 aromatic heterocycles. The molecule has 3 aromatic rings. The van der Waals surface area contributed by atoms with Crippen molar-refractivity contribution in [3.63, 3.8) is 0 Å². The van der Waals surface area contributed by atoms with E-state index in [2.05, 4.69) is 0 Å². The Morgan fingerprint density at radius 1 is 0.939 bits per heavy atom. The van der Waals surface area contributed by atoms with Gasteiger partial charge in [-0.3, -0.25) is 14.9 Å². The van der Waals surface area contributed by atoms with Crippen LogP contribution in [0.5, 0.6) is 0 Å². The Balaban J connectivity index is 2.01. The second kappa shape index (κ2) is 9.08. The number of cyclic esters (lactones) is 1. The molecular weight excluding hydrogens is 422 g/mol. The number of benzene rings is 3. The largest absolute Gasteiger partial charge is 0.466 e. The van der Waals surface area contributed by atoms with Gasteiger partial charge >= 0.3 is 11.9 Å². The number of rotatable bonds is 7. The van der Waals surface area contributed by atoms with Crippen molar-refractivity contribution in [3.05, 3.63) is 112 Å². The van der Waals surface area contributed by atoms with Gasteiger partial charge in [0.1, 0.15) is 0 Å². The highest BCUT2D eigenvalue weighted by atomic mass is 16.6. The van der Waals surface area contributed by atoms with Gasteiger partial charge in [-0.2, -0.15) is 0 Å². The van der Waals surface area contributed by atoms with E-state index in [-0.39, 0.29) is 18.7 Å². The normalized spacial score (nSPS) is 17.5. The standard InChI is InChI=1S/C26H21NO6/c1-2-32-22(28)17-26(20-13-15-21(16-14-20)27(30)31)24(19-11-7-4-8-12-19)23(25(29)33-26)18-9-5-3-6-10-18/h3-16H,2,17H2,1H3. The summed E-state index contributed by atoms with van der Waals surface area (Å²) in [5, 5.41) is 11.2. The fourth-order valence-electron chi connectivity index (χ4n) is 4.11. The molecule has 3 aromatic carbocycles. The maximum atomic E-state index is 13.3. The van der Waals surface area contributed by atoms with Gasteiger partial charge in [-0.05, 0) is 30.2 Å². The van der Waals surface area contributed by atoms with Crippen LogP contribution in [-0.2, 0) is 24.7 Å². The van der Waals surface area contributed by atoms with Gasteiger partial charge in [0.15, 0.2) is 5.60 Å². The quantitative estimate of drug-likeness (QED) is 0.292. The van der Waals surface area contributed by atoms with E-state index < -0.39 is 22.5 Å². The number of esters is 2. The minimum absolute atomic E-state index is 0.108. The van der Waals surface area contributed by atoms with Gasteiger partial charge in [0.25, 0.3) is 5.69 Å². The van der Waals surface area contributed by atoms with E-state index in [9.17, 15) is 19.7 Å². The molecule has 1 aliphatic rings. The van der Waals surface area contributed by atoms with Crippen LogP contribution in [0, 0.1) is 10.1 Å². The van der Waals surface area contributed by atoms with E-state index in [1.54, 1.807) is 19.1 Å². The Hall–Kier alpha value is -4.26. The van der Waals surface area contributed by atoms with Crippen LogP contribution in [-0.4, -0.2) is 23.5 Å². The van der Waals surface area contributed by atoms with Gasteiger partial charge in [0, 0.05) is 23.3 Å². The average molecular weight is 443 g/mol. The van der Waals surface area contributed by atoms with Crippen LogP contribution in [0.25, 0.3) is 11.1 Å². The lowest BCUT2D eigenvalue weighted by molar-refractivity contribution is -0.384. The van der Waals surface area contributed by atoms with Gasteiger partial charge < -0.3 is 9.47 Å². The zero-order chi connectivity index (χ0) is 23.4. The molecule has 1 atom stereocenters. The van der Waals surface area contributed by atoms with Crippen molar-refractivity contribution in [1.82, 2.24) is 0 Å². The third-order valence-corrected chi connectivity index (χ3v) is 5.49. The average Bonchev–Trinajstić information content (AvgIpc) is 3.12. The summed E-state index contributed by atoms with van der Waals surface area (Å²) in [6.07, 6.45) is -0.273. The molecule has 0 bridgehead atoms. The van der Waals surface area contributed by atoms with E-state index in [1.807, 2.05) is 48.5 Å². The minimum atomic E-state index is -1.51. The second-order valence-electron chi connectivity index (χ2n) is 7.48. The first-order chi connectivity index (χ1) is 16.0. The molecule has 0 spiro atoms. The highest BCUT2D eigenvalue weighted by Gasteiger charge is 2.51. The number of ether oxygens (including phenoxy) is 2. The Kier molecular flexibility index (Phi) is 6.04. The zero-order valence-corrected chi connectivity index (χ0v) is 17.9. The molecule has 0 aliphatic carbocycles. The monoisotopic (exact) mass is 443 g/mol. The molecular formula is C26H21NO6. The number of nitrogens with zero attached hydrogens (tertiary/aromatic N) is 1. The highest BCUT2D eigenvalue weighted by Crippen LogP contribution is 2.52. The zero-order valence-electron chi connectivity index (χ0n) is 17.9. The molecule has 0 saturated carbocycles. The Morgan fingerprint density at radius 3 is 2.06 bits per heavy atom. The molecule has 0 saturated heterocycles. The molecule has 1 aliphatic heterocycles. The van der Waals surface area contributed by atoms with Crippen LogP contribution >= 0.6 is 0 Å². The van der Waals surface area contributed by atoms with Crippen molar-refractivity contribution in [2.24, 2.45) is 0 Å². The summed E-state index contributed by atoms with van der Waals surface area (Å²) in [7, 11) is 0. The minimum Gasteiger partial charge on any atom is -0.466 e. The van der Waals surface area contributed by atoms with Crippen LogP contribution in [0.2, 0.25) is 0 Å². The van der Waals surface area contributed by atoms with Crippen LogP contribution in [0.1, 0.15) is 30.0 Å². The molecule has 7 heteroatoms. The van der Waals surface area contributed by atoms with Crippen molar-refractivity contribution < 1.29 is 24.0 Å². The number of non-ortho nitro benzene ring substituents is 1. The molecule has 1 heterocycles. The first kappa shape index (κ1) is 22.0. The van der Waals surface area contributed by atoms with E-state index in [1.165, 1.54) is 24.3 Å². The Labute approximate surface area is 190 Å². The van der Waals surface area contributed by atoms with Gasteiger partial charge in [0.05, 0.1) is 23.5 Å². The maximum Gasteiger partial charge on any atom is 0.340 e. The summed E-state index contributed by atoms with van der Waals surface area (Å²) in [6, 6.07) is 24.0. The Bertz CT molecular complexity index is 1220. The fourth-order valence-corrected chi connectivity index (χ4v) is 4.11. The fraction of sp³-hybridized carbons (Fsp3) is 0.154. The van der Waals surface area contributed by atoms with Gasteiger partial charge in [-0.1, -0.05) is 60.7 Å². The molecule has 0 radical (unpaired) electrons. The molecule has 0 N–H and O–H groups in total. The number of carbonyl (C=O) groups excluding carboxylic acids is 2. The predicted octanol–water partition coefficient (Wildman–Crippen LogP) is 4.91. The van der Waals surface area contributed by atoms with Crippen molar-refractivity contribution in [3.8, 4) is 0 Å². The lowest BCUT2D eigenvalue weighted by Gasteiger charge is -2.31. The van der Waals surface area contributed by atoms with Gasteiger partial charge in [-0.25, -0.2) is 4.79 Å². The van der Waals surface area contributed by atoms with Gasteiger partial charge in [-0.15, -0.1) is 0 Å². The van der Waals surface area contributed by atoms with E-state index >= 15 is 0 Å². The number of carbonyl (C=O) groups is 2. The summed E-state index contributed by atoms with van der Waals surface area (Å²) in [5.74, 6) is -1.13. The van der Waals surface area contributed by atoms with Crippen LogP contribution in [0.15, 0.2) is 84.9 Å². The third kappa shape index (κ3) is 4.13. The lowest BCUT2D eigenvalue weighted by Crippen LogP contribution is -2.32. The first-order valence-electron chi connectivity index (χ1n) is 10.5. The number of nitro groups is 1. The molecule has 0 fully saturated rings. The first-order valence-corrected chi connectivity index (χ1v) is 10.5. The van der Waals surface area contributed by atoms with Gasteiger partial charge in [0.2, 0.25) is 0 Å². The molecule has 1 unspecified atom stereocenters. The second-order valence-corrected chi connectivity index (χ2v) is 7.48. The summed E-state index contributed by atoms with van der Waals surface area (Å²) >= 11 is 0. The van der Waals surface area contributed by atoms with Crippen molar-refractivity contribution >= 4 is 28.8 Å². The number of hydrogen-bond acceptors (Lipinski definition) is 6. The lowest BCUT2D eigenvalue weighted by atomic mass is 9.78. The topological polar surface area (TPSA) is 95.7 Å². The Morgan fingerprint density at radius 2 is 1.52 bits per heavy atom. The third-order valence-electron chi connectivity index (χ3n) is 5.49.